The lowest BCUT2D eigenvalue weighted by Crippen LogP contribution is -2.35. The number of aromatic carboxylic acids is 1. The maximum Gasteiger partial charge on any atom is 0.352 e. The molecule has 0 aliphatic heterocycles. The van der Waals surface area contributed by atoms with Crippen LogP contribution in [0, 0.1) is 0 Å². The van der Waals surface area contributed by atoms with E-state index in [2.05, 4.69) is 0 Å². The molecule has 0 amide bonds. The van der Waals surface area contributed by atoms with E-state index in [9.17, 15) is 13.2 Å². The first-order chi connectivity index (χ1) is 9.21. The van der Waals surface area contributed by atoms with Crippen LogP contribution in [0.25, 0.3) is 0 Å². The highest BCUT2D eigenvalue weighted by Crippen LogP contribution is 2.20. The fourth-order valence-electron chi connectivity index (χ4n) is 1.76. The zero-order valence-corrected chi connectivity index (χ0v) is 13.7. The molecule has 0 fully saturated rings. The minimum absolute atomic E-state index is 0.0101. The molecule has 1 atom stereocenters. The summed E-state index contributed by atoms with van der Waals surface area (Å²) in [5.41, 5.74) is -0.0475. The zero-order chi connectivity index (χ0) is 15.5. The Morgan fingerprint density at radius 1 is 1.55 bits per heavy atom. The lowest BCUT2D eigenvalue weighted by molar-refractivity contribution is 0.0686. The first-order valence-electron chi connectivity index (χ1n) is 6.08. The molecule has 1 aromatic heterocycles. The van der Waals surface area contributed by atoms with Gasteiger partial charge in [0.2, 0.25) is 10.0 Å². The summed E-state index contributed by atoms with van der Waals surface area (Å²) >= 11 is 1.66. The van der Waals surface area contributed by atoms with Crippen LogP contribution in [0.4, 0.5) is 0 Å². The number of hydrogen-bond acceptors (Lipinski definition) is 4. The van der Waals surface area contributed by atoms with Crippen molar-refractivity contribution in [1.29, 1.82) is 0 Å². The summed E-state index contributed by atoms with van der Waals surface area (Å²) in [5.74, 6) is -0.275. The number of hydrogen-bond donors (Lipinski definition) is 1. The van der Waals surface area contributed by atoms with E-state index in [0.717, 1.165) is 12.2 Å². The number of sulfonamides is 1. The van der Waals surface area contributed by atoms with Gasteiger partial charge in [-0.15, -0.1) is 0 Å². The maximum atomic E-state index is 12.4. The molecule has 0 bridgehead atoms. The Morgan fingerprint density at radius 2 is 2.15 bits per heavy atom. The summed E-state index contributed by atoms with van der Waals surface area (Å²) in [6, 6.07) is 1.05. The van der Waals surface area contributed by atoms with Gasteiger partial charge in [0.05, 0.1) is 0 Å². The second kappa shape index (κ2) is 6.64. The molecule has 0 aromatic carbocycles. The smallest absolute Gasteiger partial charge is 0.352 e. The minimum Gasteiger partial charge on any atom is -0.477 e. The van der Waals surface area contributed by atoms with E-state index in [-0.39, 0.29) is 16.6 Å². The van der Waals surface area contributed by atoms with Gasteiger partial charge in [-0.3, -0.25) is 0 Å². The fourth-order valence-corrected chi connectivity index (χ4v) is 3.80. The number of thioether (sulfide) groups is 1. The highest BCUT2D eigenvalue weighted by Gasteiger charge is 2.27. The van der Waals surface area contributed by atoms with E-state index in [1.54, 1.807) is 11.8 Å². The van der Waals surface area contributed by atoms with Gasteiger partial charge in [0, 0.05) is 26.3 Å². The summed E-state index contributed by atoms with van der Waals surface area (Å²) in [6.45, 7) is 1.84. The van der Waals surface area contributed by atoms with Gasteiger partial charge in [0.25, 0.3) is 0 Å². The summed E-state index contributed by atoms with van der Waals surface area (Å²) in [4.78, 5) is 11.0. The molecule has 0 aliphatic rings. The molecular weight excluding hydrogens is 300 g/mol. The SMILES string of the molecule is CSCCC(C)N(C)S(=O)(=O)c1cc(C(=O)O)n(C)c1. The van der Waals surface area contributed by atoms with Gasteiger partial charge in [0.1, 0.15) is 10.6 Å². The van der Waals surface area contributed by atoms with Crippen molar-refractivity contribution in [3.8, 4) is 0 Å². The minimum atomic E-state index is -3.66. The highest BCUT2D eigenvalue weighted by atomic mass is 32.2. The topological polar surface area (TPSA) is 79.6 Å². The van der Waals surface area contributed by atoms with E-state index in [0.29, 0.717) is 0 Å². The highest BCUT2D eigenvalue weighted by molar-refractivity contribution is 7.98. The van der Waals surface area contributed by atoms with Gasteiger partial charge < -0.3 is 9.67 Å². The van der Waals surface area contributed by atoms with E-state index in [1.165, 1.54) is 35.2 Å². The van der Waals surface area contributed by atoms with Crippen molar-refractivity contribution in [2.45, 2.75) is 24.3 Å². The van der Waals surface area contributed by atoms with Crippen LogP contribution in [0.3, 0.4) is 0 Å². The number of rotatable bonds is 7. The lowest BCUT2D eigenvalue weighted by atomic mass is 10.3. The van der Waals surface area contributed by atoms with Crippen molar-refractivity contribution in [2.24, 2.45) is 7.05 Å². The van der Waals surface area contributed by atoms with Crippen LogP contribution >= 0.6 is 11.8 Å². The molecule has 1 heterocycles. The Balaban J connectivity index is 3.04. The molecule has 1 N–H and O–H groups in total. The summed E-state index contributed by atoms with van der Waals surface area (Å²) in [6.07, 6.45) is 4.05. The normalized spacial score (nSPS) is 13.7. The van der Waals surface area contributed by atoms with Crippen LogP contribution in [0.15, 0.2) is 17.2 Å². The first kappa shape index (κ1) is 17.1. The Kier molecular flexibility index (Phi) is 5.67. The van der Waals surface area contributed by atoms with E-state index in [1.807, 2.05) is 13.2 Å². The summed E-state index contributed by atoms with van der Waals surface area (Å²) in [5, 5.41) is 8.98. The largest absolute Gasteiger partial charge is 0.477 e. The third-order valence-corrected chi connectivity index (χ3v) is 5.82. The Labute approximate surface area is 123 Å². The van der Waals surface area contributed by atoms with Gasteiger partial charge in [-0.25, -0.2) is 13.2 Å². The molecular formula is C12H20N2O4S2. The van der Waals surface area contributed by atoms with E-state index >= 15 is 0 Å². The van der Waals surface area contributed by atoms with E-state index in [4.69, 9.17) is 5.11 Å². The van der Waals surface area contributed by atoms with Crippen LogP contribution in [-0.4, -0.2) is 53.5 Å². The molecule has 0 saturated carbocycles. The van der Waals surface area contributed by atoms with Crippen LogP contribution in [0.2, 0.25) is 0 Å². The quantitative estimate of drug-likeness (QED) is 0.823. The van der Waals surface area contributed by atoms with Crippen LogP contribution < -0.4 is 0 Å². The Morgan fingerprint density at radius 3 is 2.60 bits per heavy atom. The predicted molar refractivity (Wildman–Crippen MR) is 79.8 cm³/mol. The molecule has 0 saturated heterocycles. The molecule has 114 valence electrons. The van der Waals surface area contributed by atoms with Crippen molar-refractivity contribution in [1.82, 2.24) is 8.87 Å². The molecule has 1 unspecified atom stereocenters. The number of carboxylic acid groups (broad SMARTS) is 1. The van der Waals surface area contributed by atoms with E-state index < -0.39 is 16.0 Å². The van der Waals surface area contributed by atoms with Crippen molar-refractivity contribution in [3.05, 3.63) is 18.0 Å². The maximum absolute atomic E-state index is 12.4. The average Bonchev–Trinajstić information content (AvgIpc) is 2.77. The van der Waals surface area contributed by atoms with Gasteiger partial charge in [-0.1, -0.05) is 0 Å². The predicted octanol–water partition coefficient (Wildman–Crippen LogP) is 1.49. The van der Waals surface area contributed by atoms with Crippen molar-refractivity contribution in [2.75, 3.05) is 19.1 Å². The van der Waals surface area contributed by atoms with Crippen molar-refractivity contribution in [3.63, 3.8) is 0 Å². The lowest BCUT2D eigenvalue weighted by Gasteiger charge is -2.23. The third-order valence-electron chi connectivity index (χ3n) is 3.24. The molecule has 0 spiro atoms. The number of aromatic nitrogens is 1. The number of nitrogens with zero attached hydrogens (tertiary/aromatic N) is 2. The Hall–Kier alpha value is -0.990. The second-order valence-electron chi connectivity index (χ2n) is 4.63. The van der Waals surface area contributed by atoms with Gasteiger partial charge in [-0.05, 0) is 31.4 Å². The zero-order valence-electron chi connectivity index (χ0n) is 12.0. The molecule has 1 aromatic rings. The standard InChI is InChI=1S/C12H20N2O4S2/c1-9(5-6-19-4)14(3)20(17,18)10-7-11(12(15)16)13(2)8-10/h7-9H,5-6H2,1-4H3,(H,15,16). The van der Waals surface area contributed by atoms with Crippen molar-refractivity contribution < 1.29 is 18.3 Å². The average molecular weight is 320 g/mol. The van der Waals surface area contributed by atoms with Gasteiger partial charge >= 0.3 is 5.97 Å². The first-order valence-corrected chi connectivity index (χ1v) is 8.91. The fraction of sp³-hybridized carbons (Fsp3) is 0.583. The molecule has 1 rings (SSSR count). The molecule has 6 nitrogen and oxygen atoms in total. The van der Waals surface area contributed by atoms with Gasteiger partial charge in [0.15, 0.2) is 0 Å². The Bertz CT molecular complexity index is 580. The van der Waals surface area contributed by atoms with Gasteiger partial charge in [-0.2, -0.15) is 16.1 Å². The molecule has 20 heavy (non-hydrogen) atoms. The van der Waals surface area contributed by atoms with Crippen molar-refractivity contribution >= 4 is 27.8 Å². The monoisotopic (exact) mass is 320 g/mol. The number of carbonyl (C=O) groups is 1. The third kappa shape index (κ3) is 3.56. The van der Waals surface area contributed by atoms with Crippen LogP contribution in [0.5, 0.6) is 0 Å². The number of aryl methyl sites for hydroxylation is 1. The van der Waals surface area contributed by atoms with Crippen LogP contribution in [0.1, 0.15) is 23.8 Å². The molecule has 0 aliphatic carbocycles. The molecule has 8 heteroatoms. The summed E-state index contributed by atoms with van der Waals surface area (Å²) < 4.78 is 27.5. The second-order valence-corrected chi connectivity index (χ2v) is 7.61. The van der Waals surface area contributed by atoms with Crippen LogP contribution in [-0.2, 0) is 17.1 Å². The number of carboxylic acids is 1. The molecule has 0 radical (unpaired) electrons. The summed E-state index contributed by atoms with van der Waals surface area (Å²) in [7, 11) is -0.629.